The van der Waals surface area contributed by atoms with E-state index in [2.05, 4.69) is 15.0 Å². The van der Waals surface area contributed by atoms with E-state index in [0.29, 0.717) is 28.9 Å². The molecule has 0 saturated carbocycles. The number of hydrogen-bond acceptors (Lipinski definition) is 4. The van der Waals surface area contributed by atoms with Crippen LogP contribution in [0.4, 0.5) is 14.5 Å². The molecule has 0 bridgehead atoms. The standard InChI is InChI=1S/C17H12Cl2F2N2O2/c18-11-3-1-2-10(6-11)15-8-23-16(24-15)9-22-12-4-5-14(13(19)7-12)25-17(20)21/h1-8,17,22H,9H2. The van der Waals surface area contributed by atoms with Gasteiger partial charge in [0.1, 0.15) is 5.75 Å². The van der Waals surface area contributed by atoms with Crippen LogP contribution in [0.15, 0.2) is 53.1 Å². The highest BCUT2D eigenvalue weighted by Crippen LogP contribution is 2.29. The maximum absolute atomic E-state index is 12.2. The van der Waals surface area contributed by atoms with Crippen LogP contribution in [0.2, 0.25) is 10.0 Å². The molecule has 0 saturated heterocycles. The van der Waals surface area contributed by atoms with Crippen LogP contribution >= 0.6 is 23.2 Å². The molecule has 0 unspecified atom stereocenters. The highest BCUT2D eigenvalue weighted by Gasteiger charge is 2.10. The van der Waals surface area contributed by atoms with Crippen molar-refractivity contribution < 1.29 is 17.9 Å². The smallest absolute Gasteiger partial charge is 0.387 e. The summed E-state index contributed by atoms with van der Waals surface area (Å²) < 4.78 is 34.4. The number of nitrogens with zero attached hydrogens (tertiary/aromatic N) is 1. The average Bonchev–Trinajstić information content (AvgIpc) is 3.04. The van der Waals surface area contributed by atoms with Crippen LogP contribution in [-0.4, -0.2) is 11.6 Å². The van der Waals surface area contributed by atoms with Crippen LogP contribution in [0.25, 0.3) is 11.3 Å². The fourth-order valence-electron chi connectivity index (χ4n) is 2.15. The Labute approximate surface area is 152 Å². The first-order valence-corrected chi connectivity index (χ1v) is 7.96. The van der Waals surface area contributed by atoms with Gasteiger partial charge in [0, 0.05) is 16.3 Å². The summed E-state index contributed by atoms with van der Waals surface area (Å²) in [5.74, 6) is 0.971. The van der Waals surface area contributed by atoms with E-state index in [4.69, 9.17) is 27.6 Å². The molecule has 130 valence electrons. The normalized spacial score (nSPS) is 10.9. The van der Waals surface area contributed by atoms with Gasteiger partial charge in [-0.05, 0) is 30.3 Å². The van der Waals surface area contributed by atoms with Crippen LogP contribution in [0.1, 0.15) is 5.89 Å². The lowest BCUT2D eigenvalue weighted by Crippen LogP contribution is -2.03. The fourth-order valence-corrected chi connectivity index (χ4v) is 2.56. The van der Waals surface area contributed by atoms with Gasteiger partial charge in [0.25, 0.3) is 0 Å². The monoisotopic (exact) mass is 384 g/mol. The lowest BCUT2D eigenvalue weighted by Gasteiger charge is -2.09. The Hall–Kier alpha value is -2.31. The van der Waals surface area contributed by atoms with Crippen molar-refractivity contribution in [3.05, 3.63) is 64.6 Å². The van der Waals surface area contributed by atoms with Gasteiger partial charge in [-0.25, -0.2) is 4.98 Å². The van der Waals surface area contributed by atoms with Crippen molar-refractivity contribution in [1.82, 2.24) is 4.98 Å². The molecule has 0 aliphatic rings. The predicted molar refractivity (Wildman–Crippen MR) is 92.4 cm³/mol. The van der Waals surface area contributed by atoms with Crippen molar-refractivity contribution in [3.8, 4) is 17.1 Å². The third kappa shape index (κ3) is 4.61. The van der Waals surface area contributed by atoms with Crippen LogP contribution in [-0.2, 0) is 6.54 Å². The summed E-state index contributed by atoms with van der Waals surface area (Å²) in [5.41, 5.74) is 1.44. The minimum atomic E-state index is -2.92. The zero-order valence-corrected chi connectivity index (χ0v) is 14.2. The number of rotatable bonds is 6. The Balaban J connectivity index is 1.65. The molecule has 0 spiro atoms. The van der Waals surface area contributed by atoms with Crippen molar-refractivity contribution in [2.24, 2.45) is 0 Å². The number of ether oxygens (including phenoxy) is 1. The van der Waals surface area contributed by atoms with E-state index in [1.54, 1.807) is 24.4 Å². The van der Waals surface area contributed by atoms with Crippen molar-refractivity contribution >= 4 is 28.9 Å². The molecule has 4 nitrogen and oxygen atoms in total. The van der Waals surface area contributed by atoms with Crippen LogP contribution in [0.3, 0.4) is 0 Å². The molecule has 1 aromatic heterocycles. The Bertz CT molecular complexity index is 871. The van der Waals surface area contributed by atoms with E-state index >= 15 is 0 Å². The summed E-state index contributed by atoms with van der Waals surface area (Å²) in [6, 6.07) is 11.7. The molecule has 2 aromatic carbocycles. The Morgan fingerprint density at radius 1 is 1.16 bits per heavy atom. The lowest BCUT2D eigenvalue weighted by molar-refractivity contribution is -0.0497. The van der Waals surface area contributed by atoms with Gasteiger partial charge in [0.15, 0.2) is 5.76 Å². The molecule has 3 rings (SSSR count). The highest BCUT2D eigenvalue weighted by molar-refractivity contribution is 6.32. The summed E-state index contributed by atoms with van der Waals surface area (Å²) in [7, 11) is 0. The quantitative estimate of drug-likeness (QED) is 0.577. The second-order valence-electron chi connectivity index (χ2n) is 5.01. The molecule has 3 aromatic rings. The number of benzene rings is 2. The van der Waals surface area contributed by atoms with Crippen molar-refractivity contribution in [2.45, 2.75) is 13.2 Å². The van der Waals surface area contributed by atoms with E-state index < -0.39 is 6.61 Å². The summed E-state index contributed by atoms with van der Waals surface area (Å²) in [6.45, 7) is -2.63. The molecule has 1 heterocycles. The van der Waals surface area contributed by atoms with E-state index in [0.717, 1.165) is 5.56 Å². The topological polar surface area (TPSA) is 47.3 Å². The number of alkyl halides is 2. The first-order chi connectivity index (χ1) is 12.0. The molecule has 0 fully saturated rings. The molecule has 1 N–H and O–H groups in total. The van der Waals surface area contributed by atoms with Gasteiger partial charge in [-0.2, -0.15) is 8.78 Å². The van der Waals surface area contributed by atoms with Crippen molar-refractivity contribution in [2.75, 3.05) is 5.32 Å². The molecule has 0 aliphatic heterocycles. The fraction of sp³-hybridized carbons (Fsp3) is 0.118. The maximum Gasteiger partial charge on any atom is 0.387 e. The second-order valence-corrected chi connectivity index (χ2v) is 5.85. The van der Waals surface area contributed by atoms with E-state index in [9.17, 15) is 8.78 Å². The van der Waals surface area contributed by atoms with Gasteiger partial charge in [-0.3, -0.25) is 0 Å². The van der Waals surface area contributed by atoms with Crippen molar-refractivity contribution in [3.63, 3.8) is 0 Å². The number of hydrogen-bond donors (Lipinski definition) is 1. The number of halogens is 4. The first-order valence-electron chi connectivity index (χ1n) is 7.20. The highest BCUT2D eigenvalue weighted by atomic mass is 35.5. The van der Waals surface area contributed by atoms with Crippen LogP contribution < -0.4 is 10.1 Å². The molecular formula is C17H12Cl2F2N2O2. The van der Waals surface area contributed by atoms with Gasteiger partial charge >= 0.3 is 6.61 Å². The van der Waals surface area contributed by atoms with E-state index in [1.807, 2.05) is 12.1 Å². The summed E-state index contributed by atoms with van der Waals surface area (Å²) in [5, 5.41) is 3.74. The van der Waals surface area contributed by atoms with Gasteiger partial charge < -0.3 is 14.5 Å². The van der Waals surface area contributed by atoms with Gasteiger partial charge in [0.2, 0.25) is 5.89 Å². The minimum absolute atomic E-state index is 0.0809. The van der Waals surface area contributed by atoms with Crippen molar-refractivity contribution in [1.29, 1.82) is 0 Å². The van der Waals surface area contributed by atoms with Gasteiger partial charge in [0.05, 0.1) is 17.8 Å². The Kier molecular flexibility index (Phi) is 5.40. The summed E-state index contributed by atoms with van der Waals surface area (Å²) in [6.07, 6.45) is 1.61. The zero-order valence-electron chi connectivity index (χ0n) is 12.7. The average molecular weight is 385 g/mol. The number of anilines is 1. The maximum atomic E-state index is 12.2. The Morgan fingerprint density at radius 3 is 2.72 bits per heavy atom. The largest absolute Gasteiger partial charge is 0.439 e. The second kappa shape index (κ2) is 7.72. The minimum Gasteiger partial charge on any atom is -0.439 e. The molecule has 25 heavy (non-hydrogen) atoms. The molecular weight excluding hydrogens is 373 g/mol. The first kappa shape index (κ1) is 17.5. The van der Waals surface area contributed by atoms with E-state index in [1.165, 1.54) is 12.1 Å². The lowest BCUT2D eigenvalue weighted by atomic mass is 10.2. The van der Waals surface area contributed by atoms with Crippen LogP contribution in [0.5, 0.6) is 5.75 Å². The molecule has 0 radical (unpaired) electrons. The zero-order chi connectivity index (χ0) is 17.8. The summed E-state index contributed by atoms with van der Waals surface area (Å²) >= 11 is 11.9. The van der Waals surface area contributed by atoms with E-state index in [-0.39, 0.29) is 10.8 Å². The number of oxazole rings is 1. The number of aromatic nitrogens is 1. The van der Waals surface area contributed by atoms with Gasteiger partial charge in [-0.1, -0.05) is 35.3 Å². The number of nitrogens with one attached hydrogen (secondary N) is 1. The molecule has 8 heteroatoms. The third-order valence-corrected chi connectivity index (χ3v) is 3.78. The predicted octanol–water partition coefficient (Wildman–Crippen LogP) is 5.86. The molecule has 0 atom stereocenters. The van der Waals surface area contributed by atoms with Crippen LogP contribution in [0, 0.1) is 0 Å². The SMILES string of the molecule is FC(F)Oc1ccc(NCc2ncc(-c3cccc(Cl)c3)o2)cc1Cl. The third-order valence-electron chi connectivity index (χ3n) is 3.25. The molecule has 0 amide bonds. The molecule has 0 aliphatic carbocycles. The summed E-state index contributed by atoms with van der Waals surface area (Å²) in [4.78, 5) is 4.19. The Morgan fingerprint density at radius 2 is 2.00 bits per heavy atom. The van der Waals surface area contributed by atoms with Gasteiger partial charge in [-0.15, -0.1) is 0 Å².